The number of amides is 2. The van der Waals surface area contributed by atoms with Crippen molar-refractivity contribution in [3.8, 4) is 0 Å². The zero-order valence-corrected chi connectivity index (χ0v) is 12.9. The van der Waals surface area contributed by atoms with Crippen molar-refractivity contribution in [2.45, 2.75) is 13.5 Å². The van der Waals surface area contributed by atoms with Gasteiger partial charge in [-0.05, 0) is 35.9 Å². The maximum absolute atomic E-state index is 13.8. The number of methoxy groups -OCH3 is 1. The molecule has 2 N–H and O–H groups in total. The van der Waals surface area contributed by atoms with E-state index in [1.807, 2.05) is 6.07 Å². The Morgan fingerprint density at radius 1 is 1.13 bits per heavy atom. The van der Waals surface area contributed by atoms with Gasteiger partial charge in [-0.15, -0.1) is 0 Å². The van der Waals surface area contributed by atoms with Gasteiger partial charge in [0.05, 0.1) is 12.3 Å². The quantitative estimate of drug-likeness (QED) is 0.890. The first-order chi connectivity index (χ1) is 11.0. The smallest absolute Gasteiger partial charge is 0.255 e. The van der Waals surface area contributed by atoms with Crippen molar-refractivity contribution >= 4 is 23.2 Å². The first-order valence-corrected chi connectivity index (χ1v) is 6.96. The van der Waals surface area contributed by atoms with Crippen LogP contribution in [-0.4, -0.2) is 18.9 Å². The van der Waals surface area contributed by atoms with E-state index in [2.05, 4.69) is 10.6 Å². The molecule has 0 bridgehead atoms. The number of hydrogen-bond acceptors (Lipinski definition) is 3. The van der Waals surface area contributed by atoms with E-state index >= 15 is 0 Å². The Hall–Kier alpha value is -2.73. The van der Waals surface area contributed by atoms with E-state index in [4.69, 9.17) is 4.74 Å². The molecule has 2 aromatic rings. The molecular weight excluding hydrogens is 299 g/mol. The van der Waals surface area contributed by atoms with Crippen molar-refractivity contribution in [3.63, 3.8) is 0 Å². The second-order valence-corrected chi connectivity index (χ2v) is 4.96. The lowest BCUT2D eigenvalue weighted by atomic mass is 10.1. The van der Waals surface area contributed by atoms with Crippen molar-refractivity contribution < 1.29 is 18.7 Å². The third kappa shape index (κ3) is 4.62. The van der Waals surface area contributed by atoms with Crippen LogP contribution in [-0.2, 0) is 16.1 Å². The van der Waals surface area contributed by atoms with E-state index in [0.717, 1.165) is 5.56 Å². The van der Waals surface area contributed by atoms with Crippen molar-refractivity contribution in [1.82, 2.24) is 0 Å². The third-order valence-corrected chi connectivity index (χ3v) is 3.04. The highest BCUT2D eigenvalue weighted by atomic mass is 19.1. The summed E-state index contributed by atoms with van der Waals surface area (Å²) in [6.45, 7) is 1.73. The van der Waals surface area contributed by atoms with Crippen molar-refractivity contribution in [1.29, 1.82) is 0 Å². The molecule has 0 heterocycles. The number of ether oxygens (including phenoxy) is 1. The Bertz CT molecular complexity index is 732. The van der Waals surface area contributed by atoms with Crippen molar-refractivity contribution in [3.05, 3.63) is 59.4 Å². The van der Waals surface area contributed by atoms with E-state index in [1.54, 1.807) is 25.3 Å². The van der Waals surface area contributed by atoms with E-state index in [1.165, 1.54) is 25.1 Å². The maximum atomic E-state index is 13.8. The Morgan fingerprint density at radius 3 is 2.61 bits per heavy atom. The standard InChI is InChI=1S/C17H17FN2O3/c1-11(21)19-14-6-7-15(18)16(9-14)20-17(22)13-5-3-4-12(8-13)10-23-2/h3-9H,10H2,1-2H3,(H,19,21)(H,20,22). The van der Waals surface area contributed by atoms with Crippen LogP contribution in [0.4, 0.5) is 15.8 Å². The first-order valence-electron chi connectivity index (χ1n) is 6.96. The van der Waals surface area contributed by atoms with E-state index in [9.17, 15) is 14.0 Å². The summed E-state index contributed by atoms with van der Waals surface area (Å²) < 4.78 is 18.9. The van der Waals surface area contributed by atoms with Crippen LogP contribution < -0.4 is 10.6 Å². The minimum absolute atomic E-state index is 0.00149. The summed E-state index contributed by atoms with van der Waals surface area (Å²) in [5, 5.41) is 5.04. The van der Waals surface area contributed by atoms with Gasteiger partial charge in [0.15, 0.2) is 0 Å². The molecule has 0 spiro atoms. The lowest BCUT2D eigenvalue weighted by molar-refractivity contribution is -0.114. The maximum Gasteiger partial charge on any atom is 0.255 e. The normalized spacial score (nSPS) is 10.2. The Labute approximate surface area is 133 Å². The summed E-state index contributed by atoms with van der Waals surface area (Å²) in [6.07, 6.45) is 0. The molecule has 0 saturated heterocycles. The molecule has 5 nitrogen and oxygen atoms in total. The molecule has 0 atom stereocenters. The summed E-state index contributed by atoms with van der Waals surface area (Å²) in [4.78, 5) is 23.3. The van der Waals surface area contributed by atoms with Gasteiger partial charge in [-0.1, -0.05) is 12.1 Å². The summed E-state index contributed by atoms with van der Waals surface area (Å²) in [5.74, 6) is -1.30. The van der Waals surface area contributed by atoms with Crippen LogP contribution in [0.3, 0.4) is 0 Å². The minimum Gasteiger partial charge on any atom is -0.380 e. The molecule has 0 saturated carbocycles. The molecule has 2 aromatic carbocycles. The molecule has 0 aromatic heterocycles. The summed E-state index contributed by atoms with van der Waals surface area (Å²) in [6, 6.07) is 10.8. The van der Waals surface area contributed by atoms with Crippen LogP contribution in [0, 0.1) is 5.82 Å². The van der Waals surface area contributed by atoms with E-state index < -0.39 is 11.7 Å². The number of halogens is 1. The van der Waals surface area contributed by atoms with E-state index in [-0.39, 0.29) is 11.6 Å². The highest BCUT2D eigenvalue weighted by molar-refractivity contribution is 6.04. The third-order valence-electron chi connectivity index (χ3n) is 3.04. The second kappa shape index (κ2) is 7.51. The molecule has 0 aliphatic rings. The van der Waals surface area contributed by atoms with Gasteiger partial charge in [-0.2, -0.15) is 0 Å². The van der Waals surface area contributed by atoms with Crippen LogP contribution in [0.5, 0.6) is 0 Å². The number of anilines is 2. The number of carbonyl (C=O) groups excluding carboxylic acids is 2. The Morgan fingerprint density at radius 2 is 1.91 bits per heavy atom. The molecule has 6 heteroatoms. The van der Waals surface area contributed by atoms with Crippen LogP contribution in [0.25, 0.3) is 0 Å². The summed E-state index contributed by atoms with van der Waals surface area (Å²) >= 11 is 0. The lowest BCUT2D eigenvalue weighted by Gasteiger charge is -2.10. The first kappa shape index (κ1) is 16.6. The predicted octanol–water partition coefficient (Wildman–Crippen LogP) is 3.18. The fourth-order valence-corrected chi connectivity index (χ4v) is 2.07. The fraction of sp³-hybridized carbons (Fsp3) is 0.176. The number of carbonyl (C=O) groups is 2. The van der Waals surface area contributed by atoms with Crippen molar-refractivity contribution in [2.24, 2.45) is 0 Å². The molecule has 0 unspecified atom stereocenters. The molecule has 0 fully saturated rings. The molecular formula is C17H17FN2O3. The molecule has 0 aliphatic carbocycles. The number of hydrogen-bond donors (Lipinski definition) is 2. The van der Waals surface area contributed by atoms with Gasteiger partial charge < -0.3 is 15.4 Å². The molecule has 0 aliphatic heterocycles. The van der Waals surface area contributed by atoms with Crippen LogP contribution in [0.1, 0.15) is 22.8 Å². The summed E-state index contributed by atoms with van der Waals surface area (Å²) in [5.41, 5.74) is 1.64. The second-order valence-electron chi connectivity index (χ2n) is 4.96. The number of nitrogens with one attached hydrogen (secondary N) is 2. The average Bonchev–Trinajstić information content (AvgIpc) is 2.50. The van der Waals surface area contributed by atoms with Gasteiger partial charge in [0.25, 0.3) is 5.91 Å². The van der Waals surface area contributed by atoms with Crippen LogP contribution in [0.15, 0.2) is 42.5 Å². The van der Waals surface area contributed by atoms with Gasteiger partial charge in [0.1, 0.15) is 5.82 Å². The molecule has 0 radical (unpaired) electrons. The Balaban J connectivity index is 2.19. The highest BCUT2D eigenvalue weighted by Gasteiger charge is 2.11. The molecule has 23 heavy (non-hydrogen) atoms. The lowest BCUT2D eigenvalue weighted by Crippen LogP contribution is -2.14. The predicted molar refractivity (Wildman–Crippen MR) is 85.8 cm³/mol. The SMILES string of the molecule is COCc1cccc(C(=O)Nc2cc(NC(C)=O)ccc2F)c1. The van der Waals surface area contributed by atoms with Gasteiger partial charge in [0.2, 0.25) is 5.91 Å². The number of rotatable bonds is 5. The van der Waals surface area contributed by atoms with Gasteiger partial charge in [0, 0.05) is 25.3 Å². The monoisotopic (exact) mass is 316 g/mol. The van der Waals surface area contributed by atoms with Crippen LogP contribution in [0.2, 0.25) is 0 Å². The van der Waals surface area contributed by atoms with Crippen molar-refractivity contribution in [2.75, 3.05) is 17.7 Å². The highest BCUT2D eigenvalue weighted by Crippen LogP contribution is 2.20. The fourth-order valence-electron chi connectivity index (χ4n) is 2.07. The van der Waals surface area contributed by atoms with Crippen LogP contribution >= 0.6 is 0 Å². The number of benzene rings is 2. The average molecular weight is 316 g/mol. The zero-order valence-electron chi connectivity index (χ0n) is 12.9. The molecule has 120 valence electrons. The molecule has 2 amide bonds. The van der Waals surface area contributed by atoms with Gasteiger partial charge in [-0.3, -0.25) is 9.59 Å². The minimum atomic E-state index is -0.583. The largest absolute Gasteiger partial charge is 0.380 e. The van der Waals surface area contributed by atoms with Gasteiger partial charge >= 0.3 is 0 Å². The summed E-state index contributed by atoms with van der Waals surface area (Å²) in [7, 11) is 1.57. The topological polar surface area (TPSA) is 67.4 Å². The molecule has 2 rings (SSSR count). The van der Waals surface area contributed by atoms with Gasteiger partial charge in [-0.25, -0.2) is 4.39 Å². The van der Waals surface area contributed by atoms with E-state index in [0.29, 0.717) is 17.9 Å². The Kier molecular flexibility index (Phi) is 5.43. The zero-order chi connectivity index (χ0) is 16.8.